The van der Waals surface area contributed by atoms with Crippen molar-refractivity contribution >= 4 is 28.3 Å². The molecule has 112 valence electrons. The molecule has 21 heavy (non-hydrogen) atoms. The van der Waals surface area contributed by atoms with Crippen LogP contribution in [0.3, 0.4) is 0 Å². The fourth-order valence-electron chi connectivity index (χ4n) is 2.77. The standard InChI is InChI=1S/C14H16ClFN4O/c1-8-18-11-9(6-17-12(15)10(11)16)13(19-8)20-5-3-4-14(2,21)7-20/h6,21H,3-5,7H2,1-2H3/t14-/m1/s1. The Morgan fingerprint density at radius 2 is 2.19 bits per heavy atom. The van der Waals surface area contributed by atoms with Crippen LogP contribution in [-0.4, -0.2) is 38.7 Å². The minimum Gasteiger partial charge on any atom is -0.388 e. The lowest BCUT2D eigenvalue weighted by molar-refractivity contribution is 0.0448. The highest BCUT2D eigenvalue weighted by atomic mass is 35.5. The van der Waals surface area contributed by atoms with Gasteiger partial charge >= 0.3 is 0 Å². The van der Waals surface area contributed by atoms with Gasteiger partial charge in [-0.1, -0.05) is 11.6 Å². The predicted molar refractivity (Wildman–Crippen MR) is 79.1 cm³/mol. The fraction of sp³-hybridized carbons (Fsp3) is 0.500. The average molecular weight is 311 g/mol. The first-order valence-electron chi connectivity index (χ1n) is 6.83. The number of hydrogen-bond donors (Lipinski definition) is 1. The number of fused-ring (bicyclic) bond motifs is 1. The maximum Gasteiger partial charge on any atom is 0.186 e. The van der Waals surface area contributed by atoms with Crippen LogP contribution in [0.15, 0.2) is 6.20 Å². The van der Waals surface area contributed by atoms with Gasteiger partial charge in [0.15, 0.2) is 11.0 Å². The zero-order chi connectivity index (χ0) is 15.2. The SMILES string of the molecule is Cc1nc(N2CCC[C@@](C)(O)C2)c2cnc(Cl)c(F)c2n1. The fourth-order valence-corrected chi connectivity index (χ4v) is 2.91. The summed E-state index contributed by atoms with van der Waals surface area (Å²) < 4.78 is 14.1. The summed E-state index contributed by atoms with van der Waals surface area (Å²) in [5, 5.41) is 10.6. The van der Waals surface area contributed by atoms with Crippen molar-refractivity contribution < 1.29 is 9.50 Å². The first-order chi connectivity index (χ1) is 9.87. The van der Waals surface area contributed by atoms with E-state index in [4.69, 9.17) is 11.6 Å². The number of nitrogens with zero attached hydrogens (tertiary/aromatic N) is 4. The second-order valence-electron chi connectivity index (χ2n) is 5.74. The van der Waals surface area contributed by atoms with Crippen molar-refractivity contribution in [1.29, 1.82) is 0 Å². The highest BCUT2D eigenvalue weighted by molar-refractivity contribution is 6.30. The molecule has 1 fully saturated rings. The van der Waals surface area contributed by atoms with Gasteiger partial charge < -0.3 is 10.0 Å². The Hall–Kier alpha value is -1.53. The third-order valence-electron chi connectivity index (χ3n) is 3.71. The number of aliphatic hydroxyl groups is 1. The number of aromatic nitrogens is 3. The van der Waals surface area contributed by atoms with Crippen molar-refractivity contribution in [2.24, 2.45) is 0 Å². The van der Waals surface area contributed by atoms with Crippen LogP contribution in [0, 0.1) is 12.7 Å². The number of aryl methyl sites for hydroxylation is 1. The molecule has 0 aliphatic carbocycles. The third-order valence-corrected chi connectivity index (χ3v) is 3.97. The molecule has 0 radical (unpaired) electrons. The Bertz CT molecular complexity index is 707. The van der Waals surface area contributed by atoms with E-state index in [0.29, 0.717) is 23.6 Å². The van der Waals surface area contributed by atoms with E-state index >= 15 is 0 Å². The van der Waals surface area contributed by atoms with Gasteiger partial charge in [-0.15, -0.1) is 0 Å². The summed E-state index contributed by atoms with van der Waals surface area (Å²) in [4.78, 5) is 14.3. The maximum absolute atomic E-state index is 14.1. The number of β-amino-alcohol motifs (C(OH)–C–C–N with tert-alkyl or cyclic N) is 1. The Balaban J connectivity index is 2.16. The lowest BCUT2D eigenvalue weighted by Gasteiger charge is -2.37. The molecule has 1 saturated heterocycles. The van der Waals surface area contributed by atoms with Crippen molar-refractivity contribution in [2.75, 3.05) is 18.0 Å². The molecule has 3 rings (SSSR count). The van der Waals surface area contributed by atoms with Crippen molar-refractivity contribution in [2.45, 2.75) is 32.3 Å². The Morgan fingerprint density at radius 1 is 1.43 bits per heavy atom. The smallest absolute Gasteiger partial charge is 0.186 e. The van der Waals surface area contributed by atoms with Gasteiger partial charge in [0.1, 0.15) is 17.2 Å². The molecule has 0 amide bonds. The number of halogens is 2. The molecule has 3 heterocycles. The van der Waals surface area contributed by atoms with Gasteiger partial charge in [0.2, 0.25) is 0 Å². The van der Waals surface area contributed by atoms with Crippen LogP contribution in [0.25, 0.3) is 10.9 Å². The molecule has 0 aromatic carbocycles. The van der Waals surface area contributed by atoms with Crippen LogP contribution in [0.2, 0.25) is 5.15 Å². The average Bonchev–Trinajstić information content (AvgIpc) is 2.41. The zero-order valence-electron chi connectivity index (χ0n) is 11.9. The van der Waals surface area contributed by atoms with E-state index < -0.39 is 11.4 Å². The first-order valence-corrected chi connectivity index (χ1v) is 7.21. The van der Waals surface area contributed by atoms with Gasteiger partial charge in [-0.25, -0.2) is 19.3 Å². The maximum atomic E-state index is 14.1. The summed E-state index contributed by atoms with van der Waals surface area (Å²) in [5.74, 6) is 0.425. The number of anilines is 1. The molecule has 2 aromatic heterocycles. The van der Waals surface area contributed by atoms with E-state index in [0.717, 1.165) is 19.4 Å². The van der Waals surface area contributed by atoms with E-state index in [1.165, 1.54) is 6.20 Å². The van der Waals surface area contributed by atoms with Gasteiger partial charge in [0, 0.05) is 19.3 Å². The van der Waals surface area contributed by atoms with Crippen molar-refractivity contribution in [3.8, 4) is 0 Å². The van der Waals surface area contributed by atoms with Crippen molar-refractivity contribution in [3.63, 3.8) is 0 Å². The van der Waals surface area contributed by atoms with E-state index in [2.05, 4.69) is 15.0 Å². The predicted octanol–water partition coefficient (Wildman–Crippen LogP) is 2.48. The van der Waals surface area contributed by atoms with E-state index in [1.54, 1.807) is 13.8 Å². The summed E-state index contributed by atoms with van der Waals surface area (Å²) in [6.45, 7) is 4.71. The second-order valence-corrected chi connectivity index (χ2v) is 6.10. The summed E-state index contributed by atoms with van der Waals surface area (Å²) in [7, 11) is 0. The largest absolute Gasteiger partial charge is 0.388 e. The Labute approximate surface area is 126 Å². The lowest BCUT2D eigenvalue weighted by atomic mass is 9.95. The van der Waals surface area contributed by atoms with Gasteiger partial charge in [0.05, 0.1) is 11.0 Å². The van der Waals surface area contributed by atoms with Crippen LogP contribution >= 0.6 is 11.6 Å². The highest BCUT2D eigenvalue weighted by Gasteiger charge is 2.30. The molecule has 1 aliphatic heterocycles. The first kappa shape index (κ1) is 14.4. The Kier molecular flexibility index (Phi) is 3.45. The Morgan fingerprint density at radius 3 is 2.90 bits per heavy atom. The minimum absolute atomic E-state index is 0.169. The number of hydrogen-bond acceptors (Lipinski definition) is 5. The molecular formula is C14H16ClFN4O. The van der Waals surface area contributed by atoms with Crippen molar-refractivity contribution in [3.05, 3.63) is 23.0 Å². The molecule has 2 aromatic rings. The topological polar surface area (TPSA) is 62.1 Å². The van der Waals surface area contributed by atoms with Gasteiger partial charge in [-0.2, -0.15) is 0 Å². The normalized spacial score (nSPS) is 22.8. The van der Waals surface area contributed by atoms with Crippen LogP contribution in [0.4, 0.5) is 10.2 Å². The molecule has 1 aliphatic rings. The number of rotatable bonds is 1. The van der Waals surface area contributed by atoms with Gasteiger partial charge in [0.25, 0.3) is 0 Å². The highest BCUT2D eigenvalue weighted by Crippen LogP contribution is 2.31. The molecule has 1 N–H and O–H groups in total. The second kappa shape index (κ2) is 5.03. The van der Waals surface area contributed by atoms with E-state index in [-0.39, 0.29) is 10.7 Å². The number of pyridine rings is 1. The van der Waals surface area contributed by atoms with Crippen LogP contribution in [0.5, 0.6) is 0 Å². The van der Waals surface area contributed by atoms with E-state index in [9.17, 15) is 9.50 Å². The summed E-state index contributed by atoms with van der Waals surface area (Å²) in [5.41, 5.74) is -0.607. The van der Waals surface area contributed by atoms with Gasteiger partial charge in [-0.3, -0.25) is 0 Å². The number of piperidine rings is 1. The molecular weight excluding hydrogens is 295 g/mol. The van der Waals surface area contributed by atoms with Crippen LogP contribution in [-0.2, 0) is 0 Å². The summed E-state index contributed by atoms with van der Waals surface area (Å²) in [6, 6.07) is 0. The van der Waals surface area contributed by atoms with Crippen LogP contribution < -0.4 is 4.90 Å². The monoisotopic (exact) mass is 310 g/mol. The van der Waals surface area contributed by atoms with Crippen molar-refractivity contribution in [1.82, 2.24) is 15.0 Å². The molecule has 0 bridgehead atoms. The van der Waals surface area contributed by atoms with E-state index in [1.807, 2.05) is 4.90 Å². The third kappa shape index (κ3) is 2.65. The quantitative estimate of drug-likeness (QED) is 0.820. The molecule has 7 heteroatoms. The molecule has 0 spiro atoms. The molecule has 0 saturated carbocycles. The molecule has 1 atom stereocenters. The summed E-state index contributed by atoms with van der Waals surface area (Å²) >= 11 is 5.72. The molecule has 0 unspecified atom stereocenters. The minimum atomic E-state index is -0.776. The lowest BCUT2D eigenvalue weighted by Crippen LogP contribution is -2.46. The molecule has 5 nitrogen and oxygen atoms in total. The van der Waals surface area contributed by atoms with Crippen LogP contribution in [0.1, 0.15) is 25.6 Å². The summed E-state index contributed by atoms with van der Waals surface area (Å²) in [6.07, 6.45) is 3.07. The van der Waals surface area contributed by atoms with Gasteiger partial charge in [-0.05, 0) is 26.7 Å². The zero-order valence-corrected chi connectivity index (χ0v) is 12.7.